The van der Waals surface area contributed by atoms with E-state index in [0.717, 1.165) is 50.7 Å². The van der Waals surface area contributed by atoms with Crippen LogP contribution in [0.2, 0.25) is 0 Å². The van der Waals surface area contributed by atoms with Gasteiger partial charge in [-0.2, -0.15) is 10.2 Å². The van der Waals surface area contributed by atoms with Crippen molar-refractivity contribution in [2.75, 3.05) is 54.1 Å². The van der Waals surface area contributed by atoms with E-state index < -0.39 is 0 Å². The van der Waals surface area contributed by atoms with Gasteiger partial charge in [0.2, 0.25) is 0 Å². The Morgan fingerprint density at radius 1 is 0.661 bits per heavy atom. The molecule has 4 amide bonds. The number of aromatic nitrogens is 6. The predicted octanol–water partition coefficient (Wildman–Crippen LogP) is 9.12. The van der Waals surface area contributed by atoms with Gasteiger partial charge in [0.05, 0.1) is 25.1 Å². The van der Waals surface area contributed by atoms with E-state index >= 15 is 0 Å². The number of pyridine rings is 2. The smallest absolute Gasteiger partial charge is 0.324 e. The summed E-state index contributed by atoms with van der Waals surface area (Å²) in [6.45, 7) is 10.8. The van der Waals surface area contributed by atoms with Crippen molar-refractivity contribution in [3.05, 3.63) is 151 Å². The predicted molar refractivity (Wildman–Crippen MR) is 239 cm³/mol. The van der Waals surface area contributed by atoms with Crippen LogP contribution in [0, 0.1) is 0 Å². The Balaban J connectivity index is 0.000000197. The number of carbonyl (C=O) groups is 2. The molecule has 318 valence electrons. The summed E-state index contributed by atoms with van der Waals surface area (Å²) >= 11 is 0. The van der Waals surface area contributed by atoms with Crippen molar-refractivity contribution in [2.24, 2.45) is 0 Å². The van der Waals surface area contributed by atoms with Gasteiger partial charge in [-0.1, -0.05) is 32.9 Å². The number of morpholine rings is 1. The van der Waals surface area contributed by atoms with Crippen molar-refractivity contribution in [1.29, 1.82) is 0 Å². The number of H-pyrrole nitrogens is 1. The number of nitrogens with one attached hydrogen (secondary N) is 5. The van der Waals surface area contributed by atoms with Gasteiger partial charge in [-0.05, 0) is 96.9 Å². The molecule has 0 spiro atoms. The molecule has 1 fully saturated rings. The zero-order valence-electron chi connectivity index (χ0n) is 34.7. The minimum Gasteiger partial charge on any atom is -0.457 e. The Kier molecular flexibility index (Phi) is 14.1. The van der Waals surface area contributed by atoms with Crippen LogP contribution in [-0.2, 0) is 16.6 Å². The average molecular weight is 836 g/mol. The van der Waals surface area contributed by atoms with E-state index in [0.29, 0.717) is 46.0 Å². The van der Waals surface area contributed by atoms with E-state index in [2.05, 4.69) is 84.3 Å². The molecule has 7 aromatic rings. The first-order chi connectivity index (χ1) is 30.1. The van der Waals surface area contributed by atoms with E-state index in [1.807, 2.05) is 18.2 Å². The lowest BCUT2D eigenvalue weighted by atomic mass is 9.92. The Labute approximate surface area is 359 Å². The molecule has 5 N–H and O–H groups in total. The second kappa shape index (κ2) is 20.6. The molecule has 1 aliphatic heterocycles. The second-order valence-electron chi connectivity index (χ2n) is 15.2. The van der Waals surface area contributed by atoms with Crippen LogP contribution < -0.4 is 30.7 Å². The minimum atomic E-state index is -0.361. The maximum absolute atomic E-state index is 12.6. The third kappa shape index (κ3) is 12.7. The standard InChI is InChI=1S/C27H28N6O3.C19H21N5O2/c34-27(30-22-3-7-24(8-4-22)36-25-9-13-28-14-10-25)31-26-11-15-29-33(26)23-5-1-21(2-6-23)12-16-32-17-19-35-20-18-32;1-19(2,3)16-12-17(24-23-16)22-18(25)21-13-4-6-14(7-5-13)26-15-8-10-20-11-9-15/h1-11,13-15H,12,16-20H2,(H2,30,31,34);4-12H,1-3H3,(H3,21,22,23,24,25). The first kappa shape index (κ1) is 42.6. The number of ether oxygens (including phenoxy) is 3. The molecule has 0 radical (unpaired) electrons. The molecule has 16 nitrogen and oxygen atoms in total. The lowest BCUT2D eigenvalue weighted by molar-refractivity contribution is 0.0384. The zero-order chi connectivity index (χ0) is 43.2. The number of urea groups is 2. The van der Waals surface area contributed by atoms with Crippen molar-refractivity contribution in [3.8, 4) is 28.7 Å². The van der Waals surface area contributed by atoms with E-state index in [1.54, 1.807) is 115 Å². The van der Waals surface area contributed by atoms with Crippen LogP contribution in [0.5, 0.6) is 23.0 Å². The van der Waals surface area contributed by atoms with Gasteiger partial charge in [0.1, 0.15) is 28.8 Å². The van der Waals surface area contributed by atoms with Gasteiger partial charge in [-0.15, -0.1) is 0 Å². The van der Waals surface area contributed by atoms with E-state index in [4.69, 9.17) is 14.2 Å². The molecule has 0 atom stereocenters. The number of benzene rings is 3. The van der Waals surface area contributed by atoms with Gasteiger partial charge in [0.25, 0.3) is 0 Å². The Bertz CT molecular complexity index is 2460. The monoisotopic (exact) mass is 835 g/mol. The highest BCUT2D eigenvalue weighted by Gasteiger charge is 2.18. The van der Waals surface area contributed by atoms with Crippen LogP contribution in [0.3, 0.4) is 0 Å². The molecule has 0 aliphatic carbocycles. The number of rotatable bonds is 12. The summed E-state index contributed by atoms with van der Waals surface area (Å²) in [5.41, 5.74) is 4.32. The van der Waals surface area contributed by atoms with Crippen LogP contribution in [-0.4, -0.2) is 79.8 Å². The van der Waals surface area contributed by atoms with Crippen LogP contribution in [0.1, 0.15) is 32.0 Å². The fourth-order valence-electron chi connectivity index (χ4n) is 6.14. The van der Waals surface area contributed by atoms with Crippen molar-refractivity contribution in [3.63, 3.8) is 0 Å². The second-order valence-corrected chi connectivity index (χ2v) is 15.2. The molecule has 0 unspecified atom stereocenters. The number of anilines is 4. The summed E-state index contributed by atoms with van der Waals surface area (Å²) in [5, 5.41) is 22.6. The lowest BCUT2D eigenvalue weighted by Crippen LogP contribution is -2.37. The van der Waals surface area contributed by atoms with E-state index in [1.165, 1.54) is 5.56 Å². The highest BCUT2D eigenvalue weighted by molar-refractivity contribution is 6.00. The quantitative estimate of drug-likeness (QED) is 0.0795. The van der Waals surface area contributed by atoms with Gasteiger partial charge in [-0.3, -0.25) is 30.6 Å². The molecule has 8 rings (SSSR count). The van der Waals surface area contributed by atoms with Gasteiger partial charge < -0.3 is 24.8 Å². The Morgan fingerprint density at radius 3 is 1.73 bits per heavy atom. The molecule has 62 heavy (non-hydrogen) atoms. The molecular weight excluding hydrogens is 787 g/mol. The van der Waals surface area contributed by atoms with Gasteiger partial charge >= 0.3 is 12.1 Å². The van der Waals surface area contributed by atoms with Crippen molar-refractivity contribution in [1.82, 2.24) is 34.8 Å². The van der Waals surface area contributed by atoms with Crippen LogP contribution >= 0.6 is 0 Å². The number of hydrogen-bond acceptors (Lipinski definition) is 10. The number of carbonyl (C=O) groups excluding carboxylic acids is 2. The van der Waals surface area contributed by atoms with E-state index in [9.17, 15) is 9.59 Å². The Morgan fingerprint density at radius 2 is 1.19 bits per heavy atom. The number of hydrogen-bond donors (Lipinski definition) is 5. The van der Waals surface area contributed by atoms with Crippen molar-refractivity contribution in [2.45, 2.75) is 32.6 Å². The number of amides is 4. The Hall–Kier alpha value is -7.56. The van der Waals surface area contributed by atoms with Crippen molar-refractivity contribution < 1.29 is 23.8 Å². The third-order valence-electron chi connectivity index (χ3n) is 9.51. The van der Waals surface area contributed by atoms with Gasteiger partial charge in [0, 0.05) is 79.0 Å². The van der Waals surface area contributed by atoms with Gasteiger partial charge in [-0.25, -0.2) is 14.3 Å². The first-order valence-corrected chi connectivity index (χ1v) is 20.1. The summed E-state index contributed by atoms with van der Waals surface area (Å²) in [4.78, 5) is 35.1. The minimum absolute atomic E-state index is 0.0615. The van der Waals surface area contributed by atoms with Crippen LogP contribution in [0.4, 0.5) is 32.6 Å². The molecule has 3 aromatic carbocycles. The molecule has 16 heteroatoms. The molecule has 1 aliphatic rings. The van der Waals surface area contributed by atoms with E-state index in [-0.39, 0.29) is 17.5 Å². The largest absolute Gasteiger partial charge is 0.457 e. The van der Waals surface area contributed by atoms with Gasteiger partial charge in [0.15, 0.2) is 5.82 Å². The summed E-state index contributed by atoms with van der Waals surface area (Å²) in [6.07, 6.45) is 9.31. The zero-order valence-corrected chi connectivity index (χ0v) is 34.7. The molecule has 0 bridgehead atoms. The normalized spacial score (nSPS) is 12.6. The third-order valence-corrected chi connectivity index (χ3v) is 9.51. The first-order valence-electron chi connectivity index (χ1n) is 20.1. The van der Waals surface area contributed by atoms with Crippen LogP contribution in [0.15, 0.2) is 140 Å². The molecule has 0 saturated carbocycles. The highest BCUT2D eigenvalue weighted by atomic mass is 16.5. The molecule has 4 aromatic heterocycles. The average Bonchev–Trinajstić information content (AvgIpc) is 3.96. The fraction of sp³-hybridized carbons (Fsp3) is 0.217. The summed E-state index contributed by atoms with van der Waals surface area (Å²) in [6, 6.07) is 32.5. The maximum Gasteiger partial charge on any atom is 0.324 e. The molecule has 5 heterocycles. The number of aromatic amines is 1. The number of nitrogens with zero attached hydrogens (tertiary/aromatic N) is 6. The lowest BCUT2D eigenvalue weighted by Gasteiger charge is -2.26. The topological polar surface area (TPSA) is 185 Å². The molecular formula is C46H49N11O5. The molecule has 1 saturated heterocycles. The summed E-state index contributed by atoms with van der Waals surface area (Å²) in [5.74, 6) is 3.78. The summed E-state index contributed by atoms with van der Waals surface area (Å²) in [7, 11) is 0. The maximum atomic E-state index is 12.6. The SMILES string of the molecule is CC(C)(C)c1cc(NC(=O)Nc2ccc(Oc3ccncc3)cc2)n[nH]1.O=C(Nc1ccc(Oc2ccncc2)cc1)Nc1ccnn1-c1ccc(CCN2CCOCC2)cc1. The summed E-state index contributed by atoms with van der Waals surface area (Å²) < 4.78 is 18.6. The fourth-order valence-corrected chi connectivity index (χ4v) is 6.14. The highest BCUT2D eigenvalue weighted by Crippen LogP contribution is 2.25. The van der Waals surface area contributed by atoms with Crippen molar-refractivity contribution >= 4 is 35.1 Å². The van der Waals surface area contributed by atoms with Crippen LogP contribution in [0.25, 0.3) is 5.69 Å².